The predicted octanol–water partition coefficient (Wildman–Crippen LogP) is 2.05. The number of carbonyl (C=O) groups is 2. The Morgan fingerprint density at radius 1 is 1.27 bits per heavy atom. The Hall–Kier alpha value is -2.02. The lowest BCUT2D eigenvalue weighted by molar-refractivity contribution is -0.129. The molecule has 5 nitrogen and oxygen atoms in total. The Kier molecular flexibility index (Phi) is 7.50. The number of likely N-dealkylation sites (tertiary alicyclic amines) is 1. The number of piperidine rings is 1. The van der Waals surface area contributed by atoms with Crippen molar-refractivity contribution in [3.05, 3.63) is 35.6 Å². The number of rotatable bonds is 6. The summed E-state index contributed by atoms with van der Waals surface area (Å²) < 4.78 is 13.1. The average molecular weight is 380 g/mol. The Balaban J connectivity index is 1.93. The van der Waals surface area contributed by atoms with Crippen LogP contribution in [0.4, 0.5) is 4.39 Å². The van der Waals surface area contributed by atoms with Gasteiger partial charge in [-0.3, -0.25) is 4.79 Å². The summed E-state index contributed by atoms with van der Waals surface area (Å²) in [4.78, 5) is 26.4. The largest absolute Gasteiger partial charge is 0.366 e. The van der Waals surface area contributed by atoms with E-state index in [4.69, 9.17) is 12.2 Å². The normalized spacial score (nSPS) is 16.0. The maximum atomic E-state index is 13.1. The van der Waals surface area contributed by atoms with Gasteiger partial charge in [0.15, 0.2) is 5.11 Å². The quantitative estimate of drug-likeness (QED) is 0.741. The number of thiocarbonyl (C=S) groups is 1. The SMILES string of the molecule is CNC(=S)N1CCC(NC(=O)C(CC(C)=O)Cc2ccc(F)cc2)CC1. The van der Waals surface area contributed by atoms with Gasteiger partial charge in [-0.1, -0.05) is 12.1 Å². The summed E-state index contributed by atoms with van der Waals surface area (Å²) >= 11 is 5.24. The monoisotopic (exact) mass is 379 g/mol. The van der Waals surface area contributed by atoms with E-state index in [0.717, 1.165) is 36.6 Å². The smallest absolute Gasteiger partial charge is 0.224 e. The molecule has 1 aromatic rings. The minimum absolute atomic E-state index is 0.0264. The summed E-state index contributed by atoms with van der Waals surface area (Å²) in [5, 5.41) is 6.77. The van der Waals surface area contributed by atoms with Crippen LogP contribution >= 0.6 is 12.2 Å². The molecule has 1 unspecified atom stereocenters. The molecule has 1 amide bonds. The van der Waals surface area contributed by atoms with E-state index in [2.05, 4.69) is 15.5 Å². The molecule has 7 heteroatoms. The van der Waals surface area contributed by atoms with Crippen molar-refractivity contribution >= 4 is 29.0 Å². The van der Waals surface area contributed by atoms with Crippen molar-refractivity contribution in [2.45, 2.75) is 38.6 Å². The number of halogens is 1. The molecule has 1 heterocycles. The van der Waals surface area contributed by atoms with Gasteiger partial charge < -0.3 is 20.3 Å². The molecule has 1 atom stereocenters. The Bertz CT molecular complexity index is 643. The molecule has 1 aliphatic heterocycles. The fourth-order valence-electron chi connectivity index (χ4n) is 3.21. The Morgan fingerprint density at radius 3 is 2.42 bits per heavy atom. The van der Waals surface area contributed by atoms with Crippen LogP contribution in [0.15, 0.2) is 24.3 Å². The van der Waals surface area contributed by atoms with Crippen LogP contribution in [0.25, 0.3) is 0 Å². The van der Waals surface area contributed by atoms with Gasteiger partial charge in [0.1, 0.15) is 11.6 Å². The van der Waals surface area contributed by atoms with Crippen LogP contribution < -0.4 is 10.6 Å². The van der Waals surface area contributed by atoms with Gasteiger partial charge in [0, 0.05) is 38.5 Å². The first kappa shape index (κ1) is 20.3. The number of hydrogen-bond donors (Lipinski definition) is 2. The molecule has 0 spiro atoms. The van der Waals surface area contributed by atoms with Crippen molar-refractivity contribution in [2.24, 2.45) is 5.92 Å². The maximum absolute atomic E-state index is 13.1. The number of amides is 1. The minimum atomic E-state index is -0.436. The third kappa shape index (κ3) is 6.05. The maximum Gasteiger partial charge on any atom is 0.224 e. The van der Waals surface area contributed by atoms with Crippen molar-refractivity contribution in [1.82, 2.24) is 15.5 Å². The molecule has 2 N–H and O–H groups in total. The minimum Gasteiger partial charge on any atom is -0.366 e. The first-order valence-electron chi connectivity index (χ1n) is 8.90. The molecule has 142 valence electrons. The third-order valence-electron chi connectivity index (χ3n) is 4.64. The highest BCUT2D eigenvalue weighted by atomic mass is 32.1. The van der Waals surface area contributed by atoms with Gasteiger partial charge in [-0.2, -0.15) is 0 Å². The van der Waals surface area contributed by atoms with E-state index in [1.807, 2.05) is 0 Å². The van der Waals surface area contributed by atoms with E-state index in [9.17, 15) is 14.0 Å². The van der Waals surface area contributed by atoms with E-state index < -0.39 is 5.92 Å². The highest BCUT2D eigenvalue weighted by molar-refractivity contribution is 7.80. The lowest BCUT2D eigenvalue weighted by Crippen LogP contribution is -2.49. The number of ketones is 1. The summed E-state index contributed by atoms with van der Waals surface area (Å²) in [6.45, 7) is 3.07. The number of benzene rings is 1. The molecule has 2 rings (SSSR count). The second-order valence-electron chi connectivity index (χ2n) is 6.76. The molecule has 0 bridgehead atoms. The zero-order valence-electron chi connectivity index (χ0n) is 15.3. The number of carbonyl (C=O) groups excluding carboxylic acids is 2. The van der Waals surface area contributed by atoms with Crippen LogP contribution in [0.2, 0.25) is 0 Å². The van der Waals surface area contributed by atoms with Gasteiger partial charge in [-0.05, 0) is 56.1 Å². The fourth-order valence-corrected chi connectivity index (χ4v) is 3.40. The van der Waals surface area contributed by atoms with E-state index in [-0.39, 0.29) is 30.0 Å². The molecule has 1 saturated heterocycles. The molecule has 1 aromatic carbocycles. The van der Waals surface area contributed by atoms with E-state index in [1.54, 1.807) is 19.2 Å². The van der Waals surface area contributed by atoms with Gasteiger partial charge in [0.2, 0.25) is 5.91 Å². The Labute approximate surface area is 159 Å². The van der Waals surface area contributed by atoms with Gasteiger partial charge in [0.25, 0.3) is 0 Å². The van der Waals surface area contributed by atoms with Gasteiger partial charge in [-0.15, -0.1) is 0 Å². The van der Waals surface area contributed by atoms with Crippen molar-refractivity contribution < 1.29 is 14.0 Å². The highest BCUT2D eigenvalue weighted by Crippen LogP contribution is 2.17. The zero-order valence-corrected chi connectivity index (χ0v) is 16.1. The molecule has 1 fully saturated rings. The first-order chi connectivity index (χ1) is 12.4. The number of hydrogen-bond acceptors (Lipinski definition) is 3. The van der Waals surface area contributed by atoms with Gasteiger partial charge in [0.05, 0.1) is 0 Å². The summed E-state index contributed by atoms with van der Waals surface area (Å²) in [5.41, 5.74) is 0.849. The first-order valence-corrected chi connectivity index (χ1v) is 9.30. The van der Waals surface area contributed by atoms with E-state index >= 15 is 0 Å². The number of nitrogens with zero attached hydrogens (tertiary/aromatic N) is 1. The van der Waals surface area contributed by atoms with Gasteiger partial charge >= 0.3 is 0 Å². The molecule has 0 aromatic heterocycles. The highest BCUT2D eigenvalue weighted by Gasteiger charge is 2.26. The average Bonchev–Trinajstić information content (AvgIpc) is 2.62. The van der Waals surface area contributed by atoms with Gasteiger partial charge in [-0.25, -0.2) is 4.39 Å². The van der Waals surface area contributed by atoms with Crippen molar-refractivity contribution in [3.63, 3.8) is 0 Å². The third-order valence-corrected chi connectivity index (χ3v) is 5.10. The molecular weight excluding hydrogens is 353 g/mol. The van der Waals surface area contributed by atoms with Crippen LogP contribution in [-0.4, -0.2) is 47.9 Å². The summed E-state index contributed by atoms with van der Waals surface area (Å²) in [6.07, 6.45) is 2.24. The van der Waals surface area contributed by atoms with Crippen molar-refractivity contribution in [1.29, 1.82) is 0 Å². The molecule has 26 heavy (non-hydrogen) atoms. The summed E-state index contributed by atoms with van der Waals surface area (Å²) in [5.74, 6) is -0.887. The Morgan fingerprint density at radius 2 is 1.88 bits per heavy atom. The van der Waals surface area contributed by atoms with E-state index in [0.29, 0.717) is 6.42 Å². The molecular formula is C19H26FN3O2S. The van der Waals surface area contributed by atoms with Crippen molar-refractivity contribution in [3.8, 4) is 0 Å². The van der Waals surface area contributed by atoms with Crippen LogP contribution in [0.3, 0.4) is 0 Å². The van der Waals surface area contributed by atoms with E-state index in [1.165, 1.54) is 19.1 Å². The van der Waals surface area contributed by atoms with Crippen LogP contribution in [0.1, 0.15) is 31.7 Å². The zero-order chi connectivity index (χ0) is 19.1. The molecule has 0 saturated carbocycles. The lowest BCUT2D eigenvalue weighted by Gasteiger charge is -2.34. The number of nitrogens with one attached hydrogen (secondary N) is 2. The molecule has 0 aliphatic carbocycles. The van der Waals surface area contributed by atoms with Crippen LogP contribution in [0.5, 0.6) is 0 Å². The summed E-state index contributed by atoms with van der Waals surface area (Å²) in [6, 6.07) is 6.15. The predicted molar refractivity (Wildman–Crippen MR) is 103 cm³/mol. The molecule has 1 aliphatic rings. The van der Waals surface area contributed by atoms with Crippen molar-refractivity contribution in [2.75, 3.05) is 20.1 Å². The van der Waals surface area contributed by atoms with Crippen LogP contribution in [0, 0.1) is 11.7 Å². The molecule has 0 radical (unpaired) electrons. The standard InChI is InChI=1S/C19H26FN3O2S/c1-13(24)11-15(12-14-3-5-16(20)6-4-14)18(25)22-17-7-9-23(10-8-17)19(26)21-2/h3-6,15,17H,7-12H2,1-2H3,(H,21,26)(H,22,25). The number of Topliss-reactive ketones (excluding diaryl/α,β-unsaturated/α-hetero) is 1. The topological polar surface area (TPSA) is 61.4 Å². The lowest BCUT2D eigenvalue weighted by atomic mass is 9.93. The fraction of sp³-hybridized carbons (Fsp3) is 0.526. The second-order valence-corrected chi connectivity index (χ2v) is 7.15. The van der Waals surface area contributed by atoms with Crippen LogP contribution in [-0.2, 0) is 16.0 Å². The second kappa shape index (κ2) is 9.62. The summed E-state index contributed by atoms with van der Waals surface area (Å²) in [7, 11) is 1.80.